The molecule has 1 N–H and O–H groups in total. The van der Waals surface area contributed by atoms with E-state index >= 15 is 0 Å². The number of rotatable bonds is 3. The van der Waals surface area contributed by atoms with Crippen LogP contribution in [0.5, 0.6) is 0 Å². The Morgan fingerprint density at radius 2 is 2.50 bits per heavy atom. The van der Waals surface area contributed by atoms with Gasteiger partial charge in [-0.1, -0.05) is 0 Å². The SMILES string of the molecule is C=N/C=C(/C=O)NC. The van der Waals surface area contributed by atoms with E-state index < -0.39 is 0 Å². The fourth-order valence-electron chi connectivity index (χ4n) is 0.252. The van der Waals surface area contributed by atoms with Crippen LogP contribution in [-0.4, -0.2) is 20.1 Å². The molecule has 0 spiro atoms. The second-order valence-corrected chi connectivity index (χ2v) is 1.13. The maximum Gasteiger partial charge on any atom is 0.167 e. The van der Waals surface area contributed by atoms with E-state index in [1.165, 1.54) is 6.20 Å². The lowest BCUT2D eigenvalue weighted by Crippen LogP contribution is -2.05. The lowest BCUT2D eigenvalue weighted by molar-refractivity contribution is -0.105. The Balaban J connectivity index is 3.84. The molecule has 0 aromatic heterocycles. The van der Waals surface area contributed by atoms with E-state index in [2.05, 4.69) is 17.0 Å². The smallest absolute Gasteiger partial charge is 0.167 e. The quantitative estimate of drug-likeness (QED) is 0.316. The molecule has 0 aliphatic heterocycles. The van der Waals surface area contributed by atoms with Gasteiger partial charge in [-0.05, 0) is 6.72 Å². The van der Waals surface area contributed by atoms with Crippen molar-refractivity contribution in [3.05, 3.63) is 11.9 Å². The molecule has 0 unspecified atom stereocenters. The van der Waals surface area contributed by atoms with Gasteiger partial charge < -0.3 is 5.32 Å². The summed E-state index contributed by atoms with van der Waals surface area (Å²) in [7, 11) is 1.64. The van der Waals surface area contributed by atoms with Gasteiger partial charge in [-0.3, -0.25) is 9.79 Å². The first-order chi connectivity index (χ1) is 3.85. The third-order valence-corrected chi connectivity index (χ3v) is 0.646. The molecule has 0 fully saturated rings. The summed E-state index contributed by atoms with van der Waals surface area (Å²) in [5, 5.41) is 2.61. The van der Waals surface area contributed by atoms with Gasteiger partial charge in [-0.2, -0.15) is 0 Å². The number of hydrogen-bond donors (Lipinski definition) is 1. The molecule has 0 saturated carbocycles. The van der Waals surface area contributed by atoms with E-state index in [1.807, 2.05) is 0 Å². The summed E-state index contributed by atoms with van der Waals surface area (Å²) in [5.41, 5.74) is 0.431. The van der Waals surface area contributed by atoms with Crippen LogP contribution in [0, 0.1) is 0 Å². The van der Waals surface area contributed by atoms with Gasteiger partial charge in [0.2, 0.25) is 0 Å². The van der Waals surface area contributed by atoms with Gasteiger partial charge in [0, 0.05) is 7.05 Å². The molecule has 0 atom stereocenters. The predicted molar refractivity (Wildman–Crippen MR) is 32.8 cm³/mol. The highest BCUT2D eigenvalue weighted by molar-refractivity contribution is 5.72. The topological polar surface area (TPSA) is 41.5 Å². The molecule has 0 amide bonds. The largest absolute Gasteiger partial charge is 0.384 e. The summed E-state index contributed by atoms with van der Waals surface area (Å²) in [5.74, 6) is 0. The second-order valence-electron chi connectivity index (χ2n) is 1.13. The lowest BCUT2D eigenvalue weighted by Gasteiger charge is -1.90. The first-order valence-corrected chi connectivity index (χ1v) is 2.14. The Bertz CT molecular complexity index is 118. The van der Waals surface area contributed by atoms with Crippen molar-refractivity contribution in [2.75, 3.05) is 7.05 Å². The van der Waals surface area contributed by atoms with Crippen molar-refractivity contribution in [3.8, 4) is 0 Å². The fraction of sp³-hybridized carbons (Fsp3) is 0.200. The Hall–Kier alpha value is -1.12. The van der Waals surface area contributed by atoms with E-state index in [-0.39, 0.29) is 0 Å². The third-order valence-electron chi connectivity index (χ3n) is 0.646. The first kappa shape index (κ1) is 6.88. The molecule has 0 bridgehead atoms. The van der Waals surface area contributed by atoms with E-state index in [4.69, 9.17) is 0 Å². The van der Waals surface area contributed by atoms with Crippen LogP contribution in [0.25, 0.3) is 0 Å². The van der Waals surface area contributed by atoms with Gasteiger partial charge in [0.25, 0.3) is 0 Å². The summed E-state index contributed by atoms with van der Waals surface area (Å²) in [4.78, 5) is 13.3. The molecule has 0 heterocycles. The van der Waals surface area contributed by atoms with Crippen LogP contribution in [0.4, 0.5) is 0 Å². The number of aliphatic imine (C=N–C) groups is 1. The minimum absolute atomic E-state index is 0.431. The number of nitrogens with zero attached hydrogens (tertiary/aromatic N) is 1. The summed E-state index contributed by atoms with van der Waals surface area (Å²) in [6.07, 6.45) is 2.03. The average Bonchev–Trinajstić information content (AvgIpc) is 1.83. The fourth-order valence-corrected chi connectivity index (χ4v) is 0.252. The number of allylic oxidation sites excluding steroid dienone is 1. The van der Waals surface area contributed by atoms with Crippen molar-refractivity contribution >= 4 is 13.0 Å². The molecule has 0 rings (SSSR count). The van der Waals surface area contributed by atoms with Gasteiger partial charge in [0.15, 0.2) is 6.29 Å². The Labute approximate surface area is 48.1 Å². The van der Waals surface area contributed by atoms with Gasteiger partial charge in [-0.25, -0.2) is 0 Å². The highest BCUT2D eigenvalue weighted by atomic mass is 16.1. The summed E-state index contributed by atoms with van der Waals surface area (Å²) in [6.45, 7) is 3.17. The van der Waals surface area contributed by atoms with Crippen LogP contribution >= 0.6 is 0 Å². The molecule has 8 heavy (non-hydrogen) atoms. The van der Waals surface area contributed by atoms with Gasteiger partial charge in [0.05, 0.1) is 11.9 Å². The van der Waals surface area contributed by atoms with Crippen molar-refractivity contribution in [3.63, 3.8) is 0 Å². The third kappa shape index (κ3) is 2.12. The Morgan fingerprint density at radius 3 is 2.62 bits per heavy atom. The number of carbonyl (C=O) groups is 1. The van der Waals surface area contributed by atoms with Crippen LogP contribution < -0.4 is 5.32 Å². The van der Waals surface area contributed by atoms with E-state index in [9.17, 15) is 4.79 Å². The zero-order valence-corrected chi connectivity index (χ0v) is 4.72. The lowest BCUT2D eigenvalue weighted by atomic mass is 10.5. The molecule has 0 saturated heterocycles. The molecule has 3 nitrogen and oxygen atoms in total. The molecule has 0 aliphatic carbocycles. The minimum atomic E-state index is 0.431. The van der Waals surface area contributed by atoms with Crippen LogP contribution in [0.1, 0.15) is 0 Å². The van der Waals surface area contributed by atoms with Crippen molar-refractivity contribution < 1.29 is 4.79 Å². The summed E-state index contributed by atoms with van der Waals surface area (Å²) in [6, 6.07) is 0. The van der Waals surface area contributed by atoms with Gasteiger partial charge in [-0.15, -0.1) is 0 Å². The molecular formula is C5H8N2O. The number of aldehydes is 1. The average molecular weight is 112 g/mol. The molecule has 0 aliphatic rings. The highest BCUT2D eigenvalue weighted by Crippen LogP contribution is 1.78. The maximum atomic E-state index is 9.91. The monoisotopic (exact) mass is 112 g/mol. The normalized spacial score (nSPS) is 10.4. The molecule has 44 valence electrons. The molecule has 0 aromatic carbocycles. The van der Waals surface area contributed by atoms with Crippen LogP contribution in [0.3, 0.4) is 0 Å². The Morgan fingerprint density at radius 1 is 1.88 bits per heavy atom. The zero-order valence-electron chi connectivity index (χ0n) is 4.72. The number of nitrogens with one attached hydrogen (secondary N) is 1. The number of carbonyl (C=O) groups excluding carboxylic acids is 1. The minimum Gasteiger partial charge on any atom is -0.384 e. The van der Waals surface area contributed by atoms with Crippen LogP contribution in [0.15, 0.2) is 16.9 Å². The Kier molecular flexibility index (Phi) is 3.48. The molecule has 0 radical (unpaired) electrons. The summed E-state index contributed by atoms with van der Waals surface area (Å²) < 4.78 is 0. The molecular weight excluding hydrogens is 104 g/mol. The maximum absolute atomic E-state index is 9.91. The second kappa shape index (κ2) is 4.05. The molecule has 0 aromatic rings. The van der Waals surface area contributed by atoms with Crippen molar-refractivity contribution in [1.29, 1.82) is 0 Å². The van der Waals surface area contributed by atoms with Gasteiger partial charge >= 0.3 is 0 Å². The predicted octanol–water partition coefficient (Wildman–Crippen LogP) is -0.0533. The zero-order chi connectivity index (χ0) is 6.41. The van der Waals surface area contributed by atoms with E-state index in [1.54, 1.807) is 7.05 Å². The van der Waals surface area contributed by atoms with E-state index in [0.717, 1.165) is 0 Å². The highest BCUT2D eigenvalue weighted by Gasteiger charge is 1.82. The van der Waals surface area contributed by atoms with E-state index in [0.29, 0.717) is 12.0 Å². The van der Waals surface area contributed by atoms with Crippen molar-refractivity contribution in [2.45, 2.75) is 0 Å². The van der Waals surface area contributed by atoms with Gasteiger partial charge in [0.1, 0.15) is 0 Å². The first-order valence-electron chi connectivity index (χ1n) is 2.14. The number of likely N-dealkylation sites (N-methyl/N-ethyl adjacent to an activating group) is 1. The van der Waals surface area contributed by atoms with Crippen molar-refractivity contribution in [2.24, 2.45) is 4.99 Å². The van der Waals surface area contributed by atoms with Crippen LogP contribution in [0.2, 0.25) is 0 Å². The standard InChI is InChI=1S/C5H8N2O/c1-6-3-5(4-8)7-2/h3-4,7H,1H2,2H3/b5-3-. The number of hydrogen-bond acceptors (Lipinski definition) is 3. The van der Waals surface area contributed by atoms with Crippen molar-refractivity contribution in [1.82, 2.24) is 5.32 Å². The van der Waals surface area contributed by atoms with Crippen LogP contribution in [-0.2, 0) is 4.79 Å². The molecule has 3 heteroatoms. The summed E-state index contributed by atoms with van der Waals surface area (Å²) >= 11 is 0.